The summed E-state index contributed by atoms with van der Waals surface area (Å²) in [4.78, 5) is 57.1. The van der Waals surface area contributed by atoms with Gasteiger partial charge in [-0.3, -0.25) is 19.4 Å². The summed E-state index contributed by atoms with van der Waals surface area (Å²) in [6.07, 6.45) is 5.46. The van der Waals surface area contributed by atoms with Crippen molar-refractivity contribution in [3.8, 4) is 0 Å². The number of nitrogens with zero attached hydrogens (tertiary/aromatic N) is 5. The van der Waals surface area contributed by atoms with E-state index in [4.69, 9.17) is 0 Å². The summed E-state index contributed by atoms with van der Waals surface area (Å²) in [6, 6.07) is 15.9. The first-order chi connectivity index (χ1) is 17.6. The monoisotopic (exact) mass is 481 g/mol. The molecular formula is C26H23N7O3. The SMILES string of the molecule is O=C(Nc1nccnc1C(=O)NC1CCN(C(=O)c2cnc3ccccc3n2)CC1)c1ccccc1. The Morgan fingerprint density at radius 2 is 1.50 bits per heavy atom. The third-order valence-corrected chi connectivity index (χ3v) is 5.97. The molecule has 0 saturated carbocycles. The van der Waals surface area contributed by atoms with Crippen LogP contribution in [0.1, 0.15) is 44.2 Å². The second kappa shape index (κ2) is 10.3. The molecule has 0 spiro atoms. The summed E-state index contributed by atoms with van der Waals surface area (Å²) < 4.78 is 0. The maximum atomic E-state index is 12.9. The zero-order valence-electron chi connectivity index (χ0n) is 19.3. The summed E-state index contributed by atoms with van der Waals surface area (Å²) >= 11 is 0. The molecule has 0 unspecified atom stereocenters. The fraction of sp³-hybridized carbons (Fsp3) is 0.192. The number of likely N-dealkylation sites (tertiary alicyclic amines) is 1. The fourth-order valence-corrected chi connectivity index (χ4v) is 4.07. The van der Waals surface area contributed by atoms with Gasteiger partial charge in [0.05, 0.1) is 17.2 Å². The summed E-state index contributed by atoms with van der Waals surface area (Å²) in [5, 5.41) is 5.61. The number of para-hydroxylation sites is 2. The minimum atomic E-state index is -0.434. The second-order valence-electron chi connectivity index (χ2n) is 8.36. The van der Waals surface area contributed by atoms with E-state index in [1.165, 1.54) is 18.6 Å². The number of carbonyl (C=O) groups is 3. The quantitative estimate of drug-likeness (QED) is 0.448. The van der Waals surface area contributed by atoms with E-state index in [-0.39, 0.29) is 29.4 Å². The fourth-order valence-electron chi connectivity index (χ4n) is 4.07. The van der Waals surface area contributed by atoms with E-state index in [0.29, 0.717) is 42.7 Å². The minimum Gasteiger partial charge on any atom is -0.348 e. The van der Waals surface area contributed by atoms with Gasteiger partial charge in [0.25, 0.3) is 17.7 Å². The van der Waals surface area contributed by atoms with Crippen molar-refractivity contribution in [1.82, 2.24) is 30.2 Å². The molecule has 36 heavy (non-hydrogen) atoms. The van der Waals surface area contributed by atoms with Gasteiger partial charge >= 0.3 is 0 Å². The van der Waals surface area contributed by atoms with Gasteiger partial charge in [0.1, 0.15) is 5.69 Å². The second-order valence-corrected chi connectivity index (χ2v) is 8.36. The molecule has 180 valence electrons. The van der Waals surface area contributed by atoms with Crippen molar-refractivity contribution in [2.24, 2.45) is 0 Å². The molecule has 1 saturated heterocycles. The lowest BCUT2D eigenvalue weighted by molar-refractivity contribution is 0.0692. The highest BCUT2D eigenvalue weighted by molar-refractivity contribution is 6.07. The lowest BCUT2D eigenvalue weighted by Gasteiger charge is -2.32. The molecule has 2 aromatic heterocycles. The van der Waals surface area contributed by atoms with Crippen LogP contribution in [-0.2, 0) is 0 Å². The maximum absolute atomic E-state index is 12.9. The zero-order valence-corrected chi connectivity index (χ0v) is 19.3. The average Bonchev–Trinajstić information content (AvgIpc) is 2.93. The molecule has 0 radical (unpaired) electrons. The predicted octanol–water partition coefficient (Wildman–Crippen LogP) is 2.71. The first-order valence-corrected chi connectivity index (χ1v) is 11.6. The van der Waals surface area contributed by atoms with Gasteiger partial charge in [-0.2, -0.15) is 0 Å². The molecule has 10 nitrogen and oxygen atoms in total. The number of aromatic nitrogens is 4. The number of piperidine rings is 1. The highest BCUT2D eigenvalue weighted by Gasteiger charge is 2.27. The van der Waals surface area contributed by atoms with Gasteiger partial charge in [-0.15, -0.1) is 0 Å². The Bertz CT molecular complexity index is 1420. The van der Waals surface area contributed by atoms with E-state index in [9.17, 15) is 14.4 Å². The molecule has 2 N–H and O–H groups in total. The van der Waals surface area contributed by atoms with Crippen molar-refractivity contribution < 1.29 is 14.4 Å². The summed E-state index contributed by atoms with van der Waals surface area (Å²) in [5.41, 5.74) is 2.19. The van der Waals surface area contributed by atoms with E-state index in [0.717, 1.165) is 5.52 Å². The smallest absolute Gasteiger partial charge is 0.274 e. The molecule has 0 bridgehead atoms. The lowest BCUT2D eigenvalue weighted by Crippen LogP contribution is -2.47. The topological polar surface area (TPSA) is 130 Å². The number of fused-ring (bicyclic) bond motifs is 1. The lowest BCUT2D eigenvalue weighted by atomic mass is 10.0. The van der Waals surface area contributed by atoms with Crippen molar-refractivity contribution in [1.29, 1.82) is 0 Å². The number of anilines is 1. The molecule has 10 heteroatoms. The van der Waals surface area contributed by atoms with Crippen molar-refractivity contribution in [3.05, 3.63) is 90.1 Å². The van der Waals surface area contributed by atoms with Crippen LogP contribution in [0.15, 0.2) is 73.2 Å². The van der Waals surface area contributed by atoms with Crippen molar-refractivity contribution in [2.75, 3.05) is 18.4 Å². The molecule has 1 fully saturated rings. The number of hydrogen-bond acceptors (Lipinski definition) is 7. The first kappa shape index (κ1) is 23.0. The van der Waals surface area contributed by atoms with Crippen LogP contribution < -0.4 is 10.6 Å². The average molecular weight is 482 g/mol. The van der Waals surface area contributed by atoms with Crippen LogP contribution in [-0.4, -0.2) is 61.7 Å². The molecule has 1 aliphatic heterocycles. The van der Waals surface area contributed by atoms with Gasteiger partial charge < -0.3 is 15.5 Å². The predicted molar refractivity (Wildman–Crippen MR) is 132 cm³/mol. The normalized spacial score (nSPS) is 13.8. The Morgan fingerprint density at radius 3 is 2.28 bits per heavy atom. The summed E-state index contributed by atoms with van der Waals surface area (Å²) in [6.45, 7) is 0.937. The van der Waals surface area contributed by atoms with Gasteiger partial charge in [-0.1, -0.05) is 30.3 Å². The third kappa shape index (κ3) is 5.02. The molecule has 5 rings (SSSR count). The highest BCUT2D eigenvalue weighted by Crippen LogP contribution is 2.17. The van der Waals surface area contributed by atoms with E-state index in [1.807, 2.05) is 30.3 Å². The molecule has 3 amide bonds. The van der Waals surface area contributed by atoms with E-state index in [2.05, 4.69) is 30.6 Å². The van der Waals surface area contributed by atoms with Crippen LogP contribution in [0.25, 0.3) is 11.0 Å². The van der Waals surface area contributed by atoms with Crippen molar-refractivity contribution in [3.63, 3.8) is 0 Å². The van der Waals surface area contributed by atoms with Gasteiger partial charge in [0, 0.05) is 37.1 Å². The molecule has 4 aromatic rings. The van der Waals surface area contributed by atoms with E-state index >= 15 is 0 Å². The third-order valence-electron chi connectivity index (χ3n) is 5.97. The van der Waals surface area contributed by atoms with Crippen molar-refractivity contribution >= 4 is 34.6 Å². The minimum absolute atomic E-state index is 0.0340. The molecule has 1 aliphatic rings. The van der Waals surface area contributed by atoms with Crippen LogP contribution in [0.5, 0.6) is 0 Å². The number of hydrogen-bond donors (Lipinski definition) is 2. The standard InChI is InChI=1S/C26H23N7O3/c34-24(17-6-2-1-3-7-17)32-23-22(27-12-13-28-23)25(35)30-18-10-14-33(15-11-18)26(36)21-16-29-19-8-4-5-9-20(19)31-21/h1-9,12-13,16,18H,10-11,14-15H2,(H,30,35)(H,28,32,34). The first-order valence-electron chi connectivity index (χ1n) is 11.6. The molecular weight excluding hydrogens is 458 g/mol. The largest absolute Gasteiger partial charge is 0.348 e. The Hall–Kier alpha value is -4.73. The number of benzene rings is 2. The van der Waals surface area contributed by atoms with Crippen LogP contribution in [0.4, 0.5) is 5.82 Å². The Kier molecular flexibility index (Phi) is 6.57. The Balaban J connectivity index is 1.19. The number of rotatable bonds is 5. The molecule has 2 aromatic carbocycles. The van der Waals surface area contributed by atoms with Crippen molar-refractivity contribution in [2.45, 2.75) is 18.9 Å². The van der Waals surface area contributed by atoms with Crippen LogP contribution in [0.3, 0.4) is 0 Å². The van der Waals surface area contributed by atoms with Gasteiger partial charge in [0.15, 0.2) is 11.5 Å². The summed E-state index contributed by atoms with van der Waals surface area (Å²) in [7, 11) is 0. The molecule has 0 atom stereocenters. The number of amides is 3. The van der Waals surface area contributed by atoms with Crippen LogP contribution in [0, 0.1) is 0 Å². The Labute approximate surface area is 206 Å². The van der Waals surface area contributed by atoms with Gasteiger partial charge in [0.2, 0.25) is 0 Å². The van der Waals surface area contributed by atoms with Gasteiger partial charge in [-0.05, 0) is 37.1 Å². The van der Waals surface area contributed by atoms with E-state index < -0.39 is 5.91 Å². The maximum Gasteiger partial charge on any atom is 0.274 e. The van der Waals surface area contributed by atoms with Crippen LogP contribution in [0.2, 0.25) is 0 Å². The number of nitrogens with one attached hydrogen (secondary N) is 2. The van der Waals surface area contributed by atoms with E-state index in [1.54, 1.807) is 29.2 Å². The Morgan fingerprint density at radius 1 is 0.806 bits per heavy atom. The summed E-state index contributed by atoms with van der Waals surface area (Å²) in [5.74, 6) is -0.908. The van der Waals surface area contributed by atoms with Gasteiger partial charge in [-0.25, -0.2) is 15.0 Å². The highest BCUT2D eigenvalue weighted by atomic mass is 16.2. The van der Waals surface area contributed by atoms with Crippen LogP contribution >= 0.6 is 0 Å². The number of carbonyl (C=O) groups excluding carboxylic acids is 3. The zero-order chi connectivity index (χ0) is 24.9. The molecule has 3 heterocycles. The molecule has 0 aliphatic carbocycles.